The van der Waals surface area contributed by atoms with Gasteiger partial charge in [-0.2, -0.15) is 0 Å². The number of hydrogen-bond acceptors (Lipinski definition) is 4. The quantitative estimate of drug-likeness (QED) is 0.660. The van der Waals surface area contributed by atoms with E-state index >= 15 is 0 Å². The number of fused-ring (bicyclic) bond motifs is 1. The van der Waals surface area contributed by atoms with Gasteiger partial charge in [-0.25, -0.2) is 0 Å². The number of carbonyl (C=O) groups excluding carboxylic acids is 3. The first-order valence-electron chi connectivity index (χ1n) is 7.76. The number of hydrogen-bond donors (Lipinski definition) is 3. The van der Waals surface area contributed by atoms with Gasteiger partial charge in [-0.1, -0.05) is 13.8 Å². The van der Waals surface area contributed by atoms with Crippen LogP contribution in [0.2, 0.25) is 0 Å². The first kappa shape index (κ1) is 16.7. The van der Waals surface area contributed by atoms with E-state index in [1.165, 1.54) is 0 Å². The van der Waals surface area contributed by atoms with Crippen molar-refractivity contribution in [3.05, 3.63) is 0 Å². The van der Waals surface area contributed by atoms with E-state index in [2.05, 4.69) is 29.8 Å². The van der Waals surface area contributed by atoms with E-state index in [1.807, 2.05) is 6.92 Å². The molecule has 0 aliphatic carbocycles. The molecule has 4 atom stereocenters. The van der Waals surface area contributed by atoms with E-state index in [0.717, 1.165) is 6.42 Å². The summed E-state index contributed by atoms with van der Waals surface area (Å²) in [5, 5.41) is 8.43. The third kappa shape index (κ3) is 2.95. The van der Waals surface area contributed by atoms with Gasteiger partial charge < -0.3 is 20.9 Å². The normalized spacial score (nSPS) is 32.0. The molecule has 7 heteroatoms. The van der Waals surface area contributed by atoms with Crippen LogP contribution in [0.1, 0.15) is 40.5 Å². The Balaban J connectivity index is 2.21. The van der Waals surface area contributed by atoms with Gasteiger partial charge in [0, 0.05) is 6.04 Å². The lowest BCUT2D eigenvalue weighted by molar-refractivity contribution is -0.139. The van der Waals surface area contributed by atoms with Crippen molar-refractivity contribution in [2.45, 2.75) is 64.8 Å². The van der Waals surface area contributed by atoms with Crippen molar-refractivity contribution in [2.75, 3.05) is 7.05 Å². The highest BCUT2D eigenvalue weighted by atomic mass is 16.2. The smallest absolute Gasteiger partial charge is 0.247 e. The Bertz CT molecular complexity index is 491. The van der Waals surface area contributed by atoms with Gasteiger partial charge in [-0.05, 0) is 32.7 Å². The fourth-order valence-corrected chi connectivity index (χ4v) is 3.12. The first-order valence-corrected chi connectivity index (χ1v) is 7.76. The molecule has 2 aliphatic rings. The molecule has 2 heterocycles. The summed E-state index contributed by atoms with van der Waals surface area (Å²) in [7, 11) is 1.67. The Morgan fingerprint density at radius 1 is 1.41 bits per heavy atom. The van der Waals surface area contributed by atoms with Crippen LogP contribution in [0.15, 0.2) is 0 Å². The maximum atomic E-state index is 12.8. The van der Waals surface area contributed by atoms with Gasteiger partial charge in [0.25, 0.3) is 0 Å². The van der Waals surface area contributed by atoms with E-state index in [0.29, 0.717) is 0 Å². The summed E-state index contributed by atoms with van der Waals surface area (Å²) >= 11 is 0. The van der Waals surface area contributed by atoms with Crippen LogP contribution in [0.25, 0.3) is 0 Å². The second-order valence-electron chi connectivity index (χ2n) is 6.97. The minimum atomic E-state index is -0.801. The van der Waals surface area contributed by atoms with Crippen molar-refractivity contribution in [1.82, 2.24) is 20.9 Å². The first-order chi connectivity index (χ1) is 10.2. The van der Waals surface area contributed by atoms with Crippen LogP contribution in [0.3, 0.4) is 0 Å². The highest BCUT2D eigenvalue weighted by Gasteiger charge is 2.50. The van der Waals surface area contributed by atoms with Crippen LogP contribution in [-0.4, -0.2) is 54.0 Å². The van der Waals surface area contributed by atoms with Gasteiger partial charge in [0.2, 0.25) is 17.7 Å². The monoisotopic (exact) mass is 310 g/mol. The molecule has 2 aliphatic heterocycles. The molecule has 0 aromatic rings. The summed E-state index contributed by atoms with van der Waals surface area (Å²) in [5.74, 6) is -0.663. The SMILES string of the molecule is CN[C@@H](C)C(=O)N[C@H]1CC(=O)N[C@H]2CC(C)(C)C(C)N2C1=O. The maximum absolute atomic E-state index is 12.8. The molecule has 22 heavy (non-hydrogen) atoms. The highest BCUT2D eigenvalue weighted by Crippen LogP contribution is 2.40. The second kappa shape index (κ2) is 5.87. The lowest BCUT2D eigenvalue weighted by Gasteiger charge is -2.32. The second-order valence-corrected chi connectivity index (χ2v) is 6.97. The van der Waals surface area contributed by atoms with Crippen molar-refractivity contribution >= 4 is 17.7 Å². The molecule has 7 nitrogen and oxygen atoms in total. The summed E-state index contributed by atoms with van der Waals surface area (Å²) in [6.45, 7) is 7.87. The molecule has 3 N–H and O–H groups in total. The van der Waals surface area contributed by atoms with Gasteiger partial charge in [0.05, 0.1) is 12.5 Å². The van der Waals surface area contributed by atoms with E-state index in [9.17, 15) is 14.4 Å². The van der Waals surface area contributed by atoms with Gasteiger partial charge in [-0.3, -0.25) is 14.4 Å². The average Bonchev–Trinajstić information content (AvgIpc) is 2.58. The van der Waals surface area contributed by atoms with Crippen molar-refractivity contribution in [3.63, 3.8) is 0 Å². The van der Waals surface area contributed by atoms with Gasteiger partial charge in [0.1, 0.15) is 12.2 Å². The number of nitrogens with one attached hydrogen (secondary N) is 3. The highest BCUT2D eigenvalue weighted by molar-refractivity contribution is 5.95. The van der Waals surface area contributed by atoms with E-state index in [1.54, 1.807) is 18.9 Å². The average molecular weight is 310 g/mol. The molecule has 2 fully saturated rings. The van der Waals surface area contributed by atoms with Crippen LogP contribution in [0.4, 0.5) is 0 Å². The Labute approximate surface area is 131 Å². The standard InChI is InChI=1S/C15H26N4O3/c1-8(16-5)13(21)17-10-6-12(20)18-11-7-15(3,4)9(2)19(11)14(10)22/h8-11,16H,6-7H2,1-5H3,(H,17,21)(H,18,20)/t8-,9?,10-,11+/m0/s1. The molecule has 2 saturated heterocycles. The Morgan fingerprint density at radius 2 is 2.05 bits per heavy atom. The molecule has 0 saturated carbocycles. The van der Waals surface area contributed by atoms with Crippen LogP contribution in [-0.2, 0) is 14.4 Å². The molecule has 0 aromatic carbocycles. The zero-order chi connectivity index (χ0) is 16.7. The summed E-state index contributed by atoms with van der Waals surface area (Å²) in [6.07, 6.45) is 0.425. The predicted molar refractivity (Wildman–Crippen MR) is 81.7 cm³/mol. The predicted octanol–water partition coefficient (Wildman–Crippen LogP) is -0.428. The maximum Gasteiger partial charge on any atom is 0.247 e. The van der Waals surface area contributed by atoms with Crippen molar-refractivity contribution in [2.24, 2.45) is 5.41 Å². The topological polar surface area (TPSA) is 90.5 Å². The molecule has 124 valence electrons. The van der Waals surface area contributed by atoms with Crippen LogP contribution >= 0.6 is 0 Å². The Morgan fingerprint density at radius 3 is 2.64 bits per heavy atom. The molecule has 2 rings (SSSR count). The van der Waals surface area contributed by atoms with Gasteiger partial charge in [-0.15, -0.1) is 0 Å². The zero-order valence-corrected chi connectivity index (χ0v) is 13.9. The summed E-state index contributed by atoms with van der Waals surface area (Å²) in [6, 6.07) is -1.21. The molecule has 1 unspecified atom stereocenters. The molecule has 0 radical (unpaired) electrons. The Kier molecular flexibility index (Phi) is 4.47. The van der Waals surface area contributed by atoms with E-state index in [-0.39, 0.29) is 41.8 Å². The van der Waals surface area contributed by atoms with Gasteiger partial charge >= 0.3 is 0 Å². The third-order valence-electron chi connectivity index (χ3n) is 5.02. The fraction of sp³-hybridized carbons (Fsp3) is 0.800. The summed E-state index contributed by atoms with van der Waals surface area (Å²) in [5.41, 5.74) is -0.0717. The summed E-state index contributed by atoms with van der Waals surface area (Å²) < 4.78 is 0. The van der Waals surface area contributed by atoms with Gasteiger partial charge in [0.15, 0.2) is 0 Å². The zero-order valence-electron chi connectivity index (χ0n) is 13.9. The van der Waals surface area contributed by atoms with E-state index in [4.69, 9.17) is 0 Å². The largest absolute Gasteiger partial charge is 0.342 e. The van der Waals surface area contributed by atoms with Crippen LogP contribution < -0.4 is 16.0 Å². The number of likely N-dealkylation sites (N-methyl/N-ethyl adjacent to an activating group) is 1. The number of rotatable bonds is 3. The minimum absolute atomic E-state index is 0.00419. The third-order valence-corrected chi connectivity index (χ3v) is 5.02. The van der Waals surface area contributed by atoms with Crippen molar-refractivity contribution in [3.8, 4) is 0 Å². The summed E-state index contributed by atoms with van der Waals surface area (Å²) in [4.78, 5) is 38.6. The molecular weight excluding hydrogens is 284 g/mol. The molecular formula is C15H26N4O3. The minimum Gasteiger partial charge on any atom is -0.342 e. The lowest BCUT2D eigenvalue weighted by atomic mass is 9.85. The van der Waals surface area contributed by atoms with E-state index < -0.39 is 12.1 Å². The fourth-order valence-electron chi connectivity index (χ4n) is 3.12. The van der Waals surface area contributed by atoms with Crippen LogP contribution in [0.5, 0.6) is 0 Å². The lowest BCUT2D eigenvalue weighted by Crippen LogP contribution is -2.54. The molecule has 0 spiro atoms. The molecule has 0 bridgehead atoms. The molecule has 0 aromatic heterocycles. The van der Waals surface area contributed by atoms with Crippen LogP contribution in [0, 0.1) is 5.41 Å². The number of carbonyl (C=O) groups is 3. The number of nitrogens with zero attached hydrogens (tertiary/aromatic N) is 1. The molecule has 3 amide bonds. The van der Waals surface area contributed by atoms with Crippen molar-refractivity contribution in [1.29, 1.82) is 0 Å². The van der Waals surface area contributed by atoms with Crippen molar-refractivity contribution < 1.29 is 14.4 Å². The number of amides is 3. The Hall–Kier alpha value is -1.63.